The maximum Gasteiger partial charge on any atom is 0.124 e. The molecular formula is C14H20BrFN2O. The minimum Gasteiger partial charge on any atom is -0.374 e. The summed E-state index contributed by atoms with van der Waals surface area (Å²) in [5, 5.41) is 0. The SMILES string of the molecule is CCN1CCOC(C(N)Cc2cc(F)cc(Br)c2)C1. The van der Waals surface area contributed by atoms with Gasteiger partial charge in [0.2, 0.25) is 0 Å². The van der Waals surface area contributed by atoms with E-state index in [1.165, 1.54) is 12.1 Å². The minimum atomic E-state index is -0.240. The van der Waals surface area contributed by atoms with Crippen LogP contribution in [0.1, 0.15) is 12.5 Å². The molecule has 2 atom stereocenters. The second kappa shape index (κ2) is 6.79. The van der Waals surface area contributed by atoms with Crippen molar-refractivity contribution in [2.24, 2.45) is 5.73 Å². The van der Waals surface area contributed by atoms with E-state index in [4.69, 9.17) is 10.5 Å². The summed E-state index contributed by atoms with van der Waals surface area (Å²) in [5.41, 5.74) is 7.11. The molecule has 3 nitrogen and oxygen atoms in total. The molecule has 2 rings (SSSR count). The Bertz CT molecular complexity index is 410. The highest BCUT2D eigenvalue weighted by atomic mass is 79.9. The van der Waals surface area contributed by atoms with Crippen molar-refractivity contribution in [1.82, 2.24) is 4.90 Å². The van der Waals surface area contributed by atoms with Crippen LogP contribution in [0.2, 0.25) is 0 Å². The van der Waals surface area contributed by atoms with Crippen LogP contribution >= 0.6 is 15.9 Å². The van der Waals surface area contributed by atoms with Gasteiger partial charge in [0.1, 0.15) is 5.82 Å². The van der Waals surface area contributed by atoms with Crippen molar-refractivity contribution >= 4 is 15.9 Å². The highest BCUT2D eigenvalue weighted by Gasteiger charge is 2.25. The lowest BCUT2D eigenvalue weighted by atomic mass is 10.0. The Labute approximate surface area is 122 Å². The molecule has 1 saturated heterocycles. The molecule has 0 aromatic heterocycles. The number of nitrogens with two attached hydrogens (primary N) is 1. The van der Waals surface area contributed by atoms with Gasteiger partial charge in [0, 0.05) is 23.6 Å². The Morgan fingerprint density at radius 2 is 2.32 bits per heavy atom. The Morgan fingerprint density at radius 3 is 3.00 bits per heavy atom. The van der Waals surface area contributed by atoms with E-state index in [1.807, 2.05) is 6.07 Å². The average Bonchev–Trinajstić information content (AvgIpc) is 2.37. The number of nitrogens with zero attached hydrogens (tertiary/aromatic N) is 1. The molecule has 0 aliphatic carbocycles. The fourth-order valence-electron chi connectivity index (χ4n) is 2.41. The molecule has 2 unspecified atom stereocenters. The van der Waals surface area contributed by atoms with Crippen molar-refractivity contribution in [3.63, 3.8) is 0 Å². The fourth-order valence-corrected chi connectivity index (χ4v) is 2.92. The fraction of sp³-hybridized carbons (Fsp3) is 0.571. The van der Waals surface area contributed by atoms with Crippen LogP contribution in [-0.2, 0) is 11.2 Å². The van der Waals surface area contributed by atoms with Crippen LogP contribution in [0.25, 0.3) is 0 Å². The molecule has 0 radical (unpaired) electrons. The van der Waals surface area contributed by atoms with Crippen LogP contribution in [0.3, 0.4) is 0 Å². The van der Waals surface area contributed by atoms with Crippen molar-refractivity contribution in [2.45, 2.75) is 25.5 Å². The smallest absolute Gasteiger partial charge is 0.124 e. The van der Waals surface area contributed by atoms with Crippen molar-refractivity contribution in [2.75, 3.05) is 26.2 Å². The zero-order chi connectivity index (χ0) is 13.8. The van der Waals surface area contributed by atoms with Gasteiger partial charge in [-0.05, 0) is 36.7 Å². The van der Waals surface area contributed by atoms with Gasteiger partial charge in [-0.25, -0.2) is 4.39 Å². The van der Waals surface area contributed by atoms with Gasteiger partial charge in [-0.3, -0.25) is 4.90 Å². The summed E-state index contributed by atoms with van der Waals surface area (Å²) in [6.07, 6.45) is 0.647. The molecule has 1 aromatic rings. The molecule has 1 aliphatic heterocycles. The van der Waals surface area contributed by atoms with E-state index in [0.717, 1.165) is 36.3 Å². The number of morpholine rings is 1. The molecule has 0 bridgehead atoms. The standard InChI is InChI=1S/C14H20BrFN2O/c1-2-18-3-4-19-14(9-18)13(17)7-10-5-11(15)8-12(16)6-10/h5-6,8,13-14H,2-4,7,9,17H2,1H3. The monoisotopic (exact) mass is 330 g/mol. The molecule has 1 heterocycles. The first-order valence-electron chi connectivity index (χ1n) is 6.63. The summed E-state index contributed by atoms with van der Waals surface area (Å²) in [7, 11) is 0. The van der Waals surface area contributed by atoms with Gasteiger partial charge in [0.15, 0.2) is 0 Å². The summed E-state index contributed by atoms with van der Waals surface area (Å²) in [5.74, 6) is -0.240. The number of halogens is 2. The number of hydrogen-bond donors (Lipinski definition) is 1. The van der Waals surface area contributed by atoms with Gasteiger partial charge in [-0.15, -0.1) is 0 Å². The molecule has 1 aliphatic rings. The summed E-state index contributed by atoms with van der Waals surface area (Å²) >= 11 is 3.30. The third-order valence-electron chi connectivity index (χ3n) is 3.50. The van der Waals surface area contributed by atoms with Crippen LogP contribution < -0.4 is 5.73 Å². The van der Waals surface area contributed by atoms with Gasteiger partial charge in [-0.2, -0.15) is 0 Å². The van der Waals surface area contributed by atoms with Gasteiger partial charge < -0.3 is 10.5 Å². The lowest BCUT2D eigenvalue weighted by Gasteiger charge is -2.35. The predicted octanol–water partition coefficient (Wildman–Crippen LogP) is 2.18. The molecule has 1 fully saturated rings. The van der Waals surface area contributed by atoms with E-state index in [9.17, 15) is 4.39 Å². The molecule has 106 valence electrons. The van der Waals surface area contributed by atoms with Crippen LogP contribution in [0.4, 0.5) is 4.39 Å². The molecule has 2 N–H and O–H groups in total. The van der Waals surface area contributed by atoms with Gasteiger partial charge in [-0.1, -0.05) is 22.9 Å². The number of benzene rings is 1. The molecule has 1 aromatic carbocycles. The second-order valence-electron chi connectivity index (χ2n) is 4.95. The third kappa shape index (κ3) is 4.24. The van der Waals surface area contributed by atoms with Crippen molar-refractivity contribution < 1.29 is 9.13 Å². The maximum absolute atomic E-state index is 13.3. The lowest BCUT2D eigenvalue weighted by molar-refractivity contribution is -0.0385. The van der Waals surface area contributed by atoms with Crippen LogP contribution in [0, 0.1) is 5.82 Å². The van der Waals surface area contributed by atoms with E-state index < -0.39 is 0 Å². The number of likely N-dealkylation sites (N-methyl/N-ethyl adjacent to an activating group) is 1. The third-order valence-corrected chi connectivity index (χ3v) is 3.95. The highest BCUT2D eigenvalue weighted by molar-refractivity contribution is 9.10. The molecule has 0 amide bonds. The first-order chi connectivity index (χ1) is 9.08. The molecule has 19 heavy (non-hydrogen) atoms. The summed E-state index contributed by atoms with van der Waals surface area (Å²) < 4.78 is 19.8. The van der Waals surface area contributed by atoms with E-state index in [0.29, 0.717) is 6.42 Å². The molecular weight excluding hydrogens is 311 g/mol. The van der Waals surface area contributed by atoms with Crippen molar-refractivity contribution in [1.29, 1.82) is 0 Å². The van der Waals surface area contributed by atoms with Crippen molar-refractivity contribution in [3.05, 3.63) is 34.1 Å². The largest absolute Gasteiger partial charge is 0.374 e. The summed E-state index contributed by atoms with van der Waals surface area (Å²) in [4.78, 5) is 2.33. The van der Waals surface area contributed by atoms with Gasteiger partial charge in [0.25, 0.3) is 0 Å². The number of ether oxygens (including phenoxy) is 1. The Morgan fingerprint density at radius 1 is 1.53 bits per heavy atom. The van der Waals surface area contributed by atoms with Crippen LogP contribution in [0.5, 0.6) is 0 Å². The summed E-state index contributed by atoms with van der Waals surface area (Å²) in [6, 6.07) is 4.78. The Balaban J connectivity index is 1.98. The molecule has 0 saturated carbocycles. The first kappa shape index (κ1) is 14.9. The van der Waals surface area contributed by atoms with Crippen molar-refractivity contribution in [3.8, 4) is 0 Å². The van der Waals surface area contributed by atoms with Crippen LogP contribution in [-0.4, -0.2) is 43.3 Å². The molecule has 0 spiro atoms. The molecule has 5 heteroatoms. The second-order valence-corrected chi connectivity index (χ2v) is 5.86. The van der Waals surface area contributed by atoms with Crippen LogP contribution in [0.15, 0.2) is 22.7 Å². The van der Waals surface area contributed by atoms with E-state index in [1.54, 1.807) is 0 Å². The first-order valence-corrected chi connectivity index (χ1v) is 7.42. The number of rotatable bonds is 4. The van der Waals surface area contributed by atoms with Gasteiger partial charge in [0.05, 0.1) is 12.7 Å². The zero-order valence-corrected chi connectivity index (χ0v) is 12.7. The summed E-state index contributed by atoms with van der Waals surface area (Å²) in [6.45, 7) is 5.69. The number of hydrogen-bond acceptors (Lipinski definition) is 3. The van der Waals surface area contributed by atoms with E-state index >= 15 is 0 Å². The minimum absolute atomic E-state index is 0.0238. The van der Waals surface area contributed by atoms with E-state index in [2.05, 4.69) is 27.8 Å². The lowest BCUT2D eigenvalue weighted by Crippen LogP contribution is -2.51. The Kier molecular flexibility index (Phi) is 5.33. The zero-order valence-electron chi connectivity index (χ0n) is 11.1. The van der Waals surface area contributed by atoms with E-state index in [-0.39, 0.29) is 18.0 Å². The topological polar surface area (TPSA) is 38.5 Å². The predicted molar refractivity (Wildman–Crippen MR) is 77.6 cm³/mol. The van der Waals surface area contributed by atoms with Gasteiger partial charge >= 0.3 is 0 Å². The normalized spacial score (nSPS) is 22.4. The highest BCUT2D eigenvalue weighted by Crippen LogP contribution is 2.18. The average molecular weight is 331 g/mol. The Hall–Kier alpha value is -0.490. The maximum atomic E-state index is 13.3. The quantitative estimate of drug-likeness (QED) is 0.919.